The van der Waals surface area contributed by atoms with Gasteiger partial charge in [0.05, 0.1) is 66.4 Å². The molecular weight excluding hydrogens is 897 g/mol. The van der Waals surface area contributed by atoms with Gasteiger partial charge < -0.3 is 68.2 Å². The Morgan fingerprint density at radius 1 is 0.884 bits per heavy atom. The smallest absolute Gasteiger partial charge is 0.311 e. The first-order chi connectivity index (χ1) is 32.2. The number of Topliss-reactive ketones (excluding diaryl/α,β-unsaturated/α-hetero) is 1. The van der Waals surface area contributed by atoms with Crippen LogP contribution in [0.15, 0.2) is 47.1 Å². The maximum atomic E-state index is 14.8. The number of aliphatic hydroxyl groups is 4. The number of esters is 2. The molecule has 2 aromatic rings. The standard InChI is InChI=1S/C51H78N2O16/c1-27-25-49(8,60)46(69-48-43(66-33(7)54)36(53(11)12)23-28(2)64-48)30(4)42(68-40-26-50(9,62-13)45(58)32(6)65-40)31(5)47(59)67-38(51(10,61)44(57)29(3)41(27)56)20-21-52-39(55)24-34-17-14-15-18-35(34)37-19-16-22-63-37/h14-19,22,27-32,36,38,40,42-46,48,57-58,60-61H,20-21,23-26H2,1-13H3,(H,52,55)/t27-,28-,29+,30+,31-,32+,36+,38-,40+,42+,43-,44-,45+,46-,48+,49-,50-,51-/m1/s1. The normalized spacial score (nSPS) is 39.6. The minimum Gasteiger partial charge on any atom is -0.464 e. The summed E-state index contributed by atoms with van der Waals surface area (Å²) in [5.74, 6) is -6.14. The Kier molecular flexibility index (Phi) is 18.8. The van der Waals surface area contributed by atoms with Crippen molar-refractivity contribution in [1.29, 1.82) is 0 Å². The van der Waals surface area contributed by atoms with E-state index in [1.165, 1.54) is 34.8 Å². The molecule has 3 saturated heterocycles. The fourth-order valence-corrected chi connectivity index (χ4v) is 10.5. The Bertz CT molecular complexity index is 2030. The Labute approximate surface area is 406 Å². The summed E-state index contributed by atoms with van der Waals surface area (Å²) in [7, 11) is 5.14. The van der Waals surface area contributed by atoms with Gasteiger partial charge in [-0.1, -0.05) is 45.0 Å². The molecular formula is C51H78N2O16. The maximum absolute atomic E-state index is 14.8. The second-order valence-electron chi connectivity index (χ2n) is 20.6. The molecule has 5 rings (SSSR count). The van der Waals surface area contributed by atoms with Crippen molar-refractivity contribution in [2.45, 2.75) is 186 Å². The fourth-order valence-electron chi connectivity index (χ4n) is 10.5. The van der Waals surface area contributed by atoms with Crippen LogP contribution >= 0.6 is 0 Å². The number of benzene rings is 1. The summed E-state index contributed by atoms with van der Waals surface area (Å²) in [4.78, 5) is 57.1. The molecule has 18 nitrogen and oxygen atoms in total. The topological polar surface area (TPSA) is 242 Å². The molecule has 3 fully saturated rings. The van der Waals surface area contributed by atoms with Gasteiger partial charge in [-0.05, 0) is 86.2 Å². The zero-order chi connectivity index (χ0) is 51.3. The Hall–Kier alpha value is -3.82. The van der Waals surface area contributed by atoms with E-state index in [1.54, 1.807) is 53.0 Å². The summed E-state index contributed by atoms with van der Waals surface area (Å²) >= 11 is 0. The van der Waals surface area contributed by atoms with E-state index in [1.807, 2.05) is 50.2 Å². The highest BCUT2D eigenvalue weighted by atomic mass is 16.7. The first-order valence-electron chi connectivity index (χ1n) is 24.2. The van der Waals surface area contributed by atoms with E-state index in [4.69, 9.17) is 37.6 Å². The molecule has 1 aromatic heterocycles. The van der Waals surface area contributed by atoms with Crippen molar-refractivity contribution < 1.29 is 77.2 Å². The van der Waals surface area contributed by atoms with Crippen LogP contribution in [-0.2, 0) is 58.8 Å². The van der Waals surface area contributed by atoms with Gasteiger partial charge in [-0.15, -0.1) is 0 Å². The molecule has 388 valence electrons. The van der Waals surface area contributed by atoms with Gasteiger partial charge in [0.2, 0.25) is 5.91 Å². The van der Waals surface area contributed by atoms with Crippen molar-refractivity contribution in [1.82, 2.24) is 10.2 Å². The third-order valence-corrected chi connectivity index (χ3v) is 14.6. The molecule has 0 bridgehead atoms. The maximum Gasteiger partial charge on any atom is 0.311 e. The SMILES string of the molecule is CO[C@]1(C)C[C@H](O[C@H]2[C@H](C)[C@@H](O[C@@H]3O[C@H](C)C[C@H](N(C)C)[C@H]3OC(C)=O)[C@](C)(O)C[C@@H](C)C(=O)[C@H](C)[C@@H](O)[C@](C)(O)[C@@H](CCNC(=O)Cc3ccccc3-c3ccco3)OC(=O)[C@@H]2C)O[C@@H](C)[C@@H]1O. The molecule has 0 spiro atoms. The second kappa shape index (κ2) is 23.2. The number of nitrogens with zero attached hydrogens (tertiary/aromatic N) is 1. The van der Waals surface area contributed by atoms with Gasteiger partial charge in [-0.25, -0.2) is 0 Å². The summed E-state index contributed by atoms with van der Waals surface area (Å²) in [5.41, 5.74) is -3.85. The molecule has 0 saturated carbocycles. The zero-order valence-corrected chi connectivity index (χ0v) is 42.6. The number of aliphatic hydroxyl groups excluding tert-OH is 2. The van der Waals surface area contributed by atoms with Crippen LogP contribution in [0.2, 0.25) is 0 Å². The summed E-state index contributed by atoms with van der Waals surface area (Å²) in [6.07, 6.45) is -9.74. The number of nitrogens with one attached hydrogen (secondary N) is 1. The van der Waals surface area contributed by atoms with Crippen molar-refractivity contribution in [2.75, 3.05) is 27.7 Å². The number of likely N-dealkylation sites (N-methyl/N-ethyl adjacent to an activating group) is 1. The van der Waals surface area contributed by atoms with E-state index in [9.17, 15) is 39.6 Å². The highest BCUT2D eigenvalue weighted by Gasteiger charge is 2.54. The molecule has 0 aliphatic carbocycles. The Balaban J connectivity index is 1.54. The number of hydrogen-bond donors (Lipinski definition) is 5. The van der Waals surface area contributed by atoms with Crippen molar-refractivity contribution in [3.63, 3.8) is 0 Å². The van der Waals surface area contributed by atoms with Crippen molar-refractivity contribution in [3.05, 3.63) is 48.2 Å². The first kappa shape index (κ1) is 56.1. The number of furan rings is 1. The van der Waals surface area contributed by atoms with E-state index in [0.717, 1.165) is 5.56 Å². The molecule has 5 N–H and O–H groups in total. The number of amides is 1. The molecule has 18 heteroatoms. The van der Waals surface area contributed by atoms with E-state index < -0.39 is 114 Å². The van der Waals surface area contributed by atoms with E-state index in [-0.39, 0.29) is 50.3 Å². The molecule has 3 aliphatic rings. The monoisotopic (exact) mass is 975 g/mol. The van der Waals surface area contributed by atoms with Gasteiger partial charge in [0.25, 0.3) is 0 Å². The Morgan fingerprint density at radius 3 is 2.19 bits per heavy atom. The number of carbonyl (C=O) groups is 4. The number of methoxy groups -OCH3 is 1. The van der Waals surface area contributed by atoms with E-state index in [2.05, 4.69) is 5.32 Å². The number of ketones is 1. The van der Waals surface area contributed by atoms with Gasteiger partial charge in [0.1, 0.15) is 29.4 Å². The predicted octanol–water partition coefficient (Wildman–Crippen LogP) is 3.96. The highest BCUT2D eigenvalue weighted by molar-refractivity contribution is 5.84. The number of rotatable bonds is 13. The highest BCUT2D eigenvalue weighted by Crippen LogP contribution is 2.41. The van der Waals surface area contributed by atoms with Crippen LogP contribution in [0.25, 0.3) is 11.3 Å². The van der Waals surface area contributed by atoms with Crippen LogP contribution in [0.4, 0.5) is 0 Å². The minimum atomic E-state index is -2.25. The zero-order valence-electron chi connectivity index (χ0n) is 42.6. The summed E-state index contributed by atoms with van der Waals surface area (Å²) < 4.78 is 49.6. The number of carbonyl (C=O) groups excluding carboxylic acids is 4. The lowest BCUT2D eigenvalue weighted by atomic mass is 9.74. The molecule has 18 atom stereocenters. The lowest BCUT2D eigenvalue weighted by molar-refractivity contribution is -0.318. The summed E-state index contributed by atoms with van der Waals surface area (Å²) in [6, 6.07) is 10.5. The fraction of sp³-hybridized carbons (Fsp3) is 0.725. The predicted molar refractivity (Wildman–Crippen MR) is 251 cm³/mol. The average molecular weight is 975 g/mol. The van der Waals surface area contributed by atoms with Gasteiger partial charge in [-0.3, -0.25) is 19.2 Å². The van der Waals surface area contributed by atoms with Crippen LogP contribution in [-0.4, -0.2) is 161 Å². The average Bonchev–Trinajstić information content (AvgIpc) is 3.82. The van der Waals surface area contributed by atoms with Crippen LogP contribution in [0.5, 0.6) is 0 Å². The molecule has 1 aromatic carbocycles. The third kappa shape index (κ3) is 13.2. The lowest BCUT2D eigenvalue weighted by Gasteiger charge is -2.49. The number of ether oxygens (including phenoxy) is 7. The van der Waals surface area contributed by atoms with Gasteiger partial charge in [0.15, 0.2) is 18.7 Å². The van der Waals surface area contributed by atoms with E-state index >= 15 is 0 Å². The molecule has 0 unspecified atom stereocenters. The van der Waals surface area contributed by atoms with Gasteiger partial charge >= 0.3 is 11.9 Å². The number of hydrogen-bond acceptors (Lipinski definition) is 17. The minimum absolute atomic E-state index is 0.0167. The molecule has 1 amide bonds. The molecule has 4 heterocycles. The van der Waals surface area contributed by atoms with Crippen LogP contribution in [0.3, 0.4) is 0 Å². The lowest BCUT2D eigenvalue weighted by Crippen LogP contribution is -2.61. The van der Waals surface area contributed by atoms with Crippen LogP contribution < -0.4 is 5.32 Å². The van der Waals surface area contributed by atoms with Crippen LogP contribution in [0.1, 0.15) is 100 Å². The van der Waals surface area contributed by atoms with E-state index in [0.29, 0.717) is 17.7 Å². The van der Waals surface area contributed by atoms with Gasteiger partial charge in [0, 0.05) is 56.7 Å². The van der Waals surface area contributed by atoms with Crippen molar-refractivity contribution >= 4 is 23.6 Å². The Morgan fingerprint density at radius 2 is 1.57 bits per heavy atom. The quantitative estimate of drug-likeness (QED) is 0.179. The van der Waals surface area contributed by atoms with Crippen LogP contribution in [0, 0.1) is 23.7 Å². The molecule has 0 radical (unpaired) electrons. The summed E-state index contributed by atoms with van der Waals surface area (Å²) in [5, 5.41) is 50.8. The number of cyclic esters (lactones) is 1. The van der Waals surface area contributed by atoms with Gasteiger partial charge in [-0.2, -0.15) is 0 Å². The first-order valence-corrected chi connectivity index (χ1v) is 24.2. The second-order valence-corrected chi connectivity index (χ2v) is 20.6. The van der Waals surface area contributed by atoms with Crippen molar-refractivity contribution in [2.24, 2.45) is 23.7 Å². The van der Waals surface area contributed by atoms with Crippen molar-refractivity contribution in [3.8, 4) is 11.3 Å². The molecule has 3 aliphatic heterocycles. The third-order valence-electron chi connectivity index (χ3n) is 14.6. The molecule has 69 heavy (non-hydrogen) atoms. The summed E-state index contributed by atoms with van der Waals surface area (Å²) in [6.45, 7) is 15.5. The largest absolute Gasteiger partial charge is 0.464 e.